The number of urea groups is 1. The number of nitrogens with zero attached hydrogens (tertiary/aromatic N) is 3. The van der Waals surface area contributed by atoms with Crippen LogP contribution in [0.5, 0.6) is 5.75 Å². The molecule has 1 aliphatic rings. The van der Waals surface area contributed by atoms with Gasteiger partial charge in [-0.2, -0.15) is 10.1 Å². The van der Waals surface area contributed by atoms with Crippen molar-refractivity contribution in [3.05, 3.63) is 66.4 Å². The highest BCUT2D eigenvalue weighted by molar-refractivity contribution is 6.11. The Morgan fingerprint density at radius 3 is 2.33 bits per heavy atom. The van der Waals surface area contributed by atoms with Gasteiger partial charge in [0.05, 0.1) is 24.2 Å². The Labute approximate surface area is 141 Å². The van der Waals surface area contributed by atoms with E-state index in [9.17, 15) is 4.79 Å². The topological polar surface area (TPSA) is 45.1 Å². The molecule has 0 bridgehead atoms. The molecule has 5 heteroatoms. The summed E-state index contributed by atoms with van der Waals surface area (Å²) in [6.45, 7) is 3.82. The van der Waals surface area contributed by atoms with Crippen LogP contribution in [0.25, 0.3) is 0 Å². The molecule has 122 valence electrons. The number of para-hydroxylation sites is 3. The lowest BCUT2D eigenvalue weighted by Gasteiger charge is -2.25. The minimum absolute atomic E-state index is 0.262. The summed E-state index contributed by atoms with van der Waals surface area (Å²) in [6.07, 6.45) is 1.79. The fourth-order valence-electron chi connectivity index (χ4n) is 2.45. The highest BCUT2D eigenvalue weighted by Crippen LogP contribution is 2.31. The lowest BCUT2D eigenvalue weighted by molar-refractivity contribution is 0.253. The van der Waals surface area contributed by atoms with Gasteiger partial charge in [0.15, 0.2) is 0 Å². The molecule has 0 aromatic heterocycles. The fourth-order valence-corrected chi connectivity index (χ4v) is 2.45. The summed E-state index contributed by atoms with van der Waals surface area (Å²) in [5.41, 5.74) is 3.08. The van der Waals surface area contributed by atoms with E-state index in [2.05, 4.69) is 5.10 Å². The van der Waals surface area contributed by atoms with E-state index in [0.717, 1.165) is 11.3 Å². The molecule has 0 saturated carbocycles. The van der Waals surface area contributed by atoms with Crippen molar-refractivity contribution >= 4 is 23.1 Å². The van der Waals surface area contributed by atoms with Crippen LogP contribution in [0.4, 0.5) is 16.2 Å². The third kappa shape index (κ3) is 2.88. The first-order chi connectivity index (χ1) is 11.6. The molecule has 0 N–H and O–H groups in total. The summed E-state index contributed by atoms with van der Waals surface area (Å²) in [6, 6.07) is 16.6. The first kappa shape index (κ1) is 15.8. The van der Waals surface area contributed by atoms with E-state index in [1.165, 1.54) is 5.01 Å². The van der Waals surface area contributed by atoms with Gasteiger partial charge in [-0.1, -0.05) is 30.3 Å². The van der Waals surface area contributed by atoms with E-state index < -0.39 is 0 Å². The number of benzene rings is 2. The van der Waals surface area contributed by atoms with E-state index in [1.807, 2.05) is 68.4 Å². The smallest absolute Gasteiger partial charge is 0.353 e. The molecule has 2 amide bonds. The zero-order valence-electron chi connectivity index (χ0n) is 13.9. The van der Waals surface area contributed by atoms with Gasteiger partial charge in [0.25, 0.3) is 0 Å². The van der Waals surface area contributed by atoms with Gasteiger partial charge in [0.1, 0.15) is 5.75 Å². The molecule has 24 heavy (non-hydrogen) atoms. The summed E-state index contributed by atoms with van der Waals surface area (Å²) in [4.78, 5) is 14.7. The predicted octanol–water partition coefficient (Wildman–Crippen LogP) is 4.42. The molecule has 0 atom stereocenters. The zero-order chi connectivity index (χ0) is 17.1. The lowest BCUT2D eigenvalue weighted by Crippen LogP contribution is -2.37. The Kier molecular flexibility index (Phi) is 4.33. The molecule has 0 spiro atoms. The van der Waals surface area contributed by atoms with Gasteiger partial charge in [0, 0.05) is 6.20 Å². The second-order valence-electron chi connectivity index (χ2n) is 5.47. The monoisotopic (exact) mass is 321 g/mol. The minimum Gasteiger partial charge on any atom is -0.495 e. The highest BCUT2D eigenvalue weighted by Gasteiger charge is 2.27. The number of anilines is 2. The summed E-state index contributed by atoms with van der Waals surface area (Å²) < 4.78 is 5.41. The van der Waals surface area contributed by atoms with Crippen molar-refractivity contribution in [3.8, 4) is 5.75 Å². The third-order valence-electron chi connectivity index (χ3n) is 3.88. The molecule has 1 aliphatic heterocycles. The van der Waals surface area contributed by atoms with Crippen molar-refractivity contribution in [2.45, 2.75) is 13.8 Å². The summed E-state index contributed by atoms with van der Waals surface area (Å²) in [7, 11) is 1.59. The van der Waals surface area contributed by atoms with Gasteiger partial charge in [-0.05, 0) is 43.7 Å². The standard InChI is InChI=1S/C19H19N3O2/c1-14-13-21(17-11-7-8-12-18(17)24-3)19(23)22(20-15(14)2)16-9-5-4-6-10-16/h4-13H,1-3H3. The number of hydrazone groups is 1. The van der Waals surface area contributed by atoms with Crippen LogP contribution < -0.4 is 14.6 Å². The minimum atomic E-state index is -0.262. The number of hydrogen-bond donors (Lipinski definition) is 0. The molecule has 0 aliphatic carbocycles. The highest BCUT2D eigenvalue weighted by atomic mass is 16.5. The van der Waals surface area contributed by atoms with Crippen molar-refractivity contribution in [3.63, 3.8) is 0 Å². The quantitative estimate of drug-likeness (QED) is 0.840. The van der Waals surface area contributed by atoms with Gasteiger partial charge in [-0.25, -0.2) is 4.79 Å². The van der Waals surface area contributed by atoms with Crippen LogP contribution in [0.15, 0.2) is 71.5 Å². The average Bonchev–Trinajstić information content (AvgIpc) is 2.74. The van der Waals surface area contributed by atoms with Crippen LogP contribution in [-0.2, 0) is 0 Å². The number of rotatable bonds is 3. The zero-order valence-corrected chi connectivity index (χ0v) is 13.9. The maximum absolute atomic E-state index is 13.2. The summed E-state index contributed by atoms with van der Waals surface area (Å²) in [5, 5.41) is 5.90. The van der Waals surface area contributed by atoms with Crippen LogP contribution in [-0.4, -0.2) is 18.9 Å². The lowest BCUT2D eigenvalue weighted by atomic mass is 10.2. The van der Waals surface area contributed by atoms with E-state index in [-0.39, 0.29) is 6.03 Å². The number of methoxy groups -OCH3 is 1. The van der Waals surface area contributed by atoms with Crippen molar-refractivity contribution < 1.29 is 9.53 Å². The molecular formula is C19H19N3O2. The molecule has 0 radical (unpaired) electrons. The summed E-state index contributed by atoms with van der Waals surface area (Å²) in [5.74, 6) is 0.627. The Morgan fingerprint density at radius 1 is 0.958 bits per heavy atom. The molecule has 0 saturated heterocycles. The largest absolute Gasteiger partial charge is 0.495 e. The first-order valence-electron chi connectivity index (χ1n) is 7.67. The number of amides is 2. The Balaban J connectivity index is 2.12. The maximum atomic E-state index is 13.2. The van der Waals surface area contributed by atoms with Crippen LogP contribution >= 0.6 is 0 Å². The van der Waals surface area contributed by atoms with Crippen molar-refractivity contribution in [1.82, 2.24) is 0 Å². The molecule has 2 aromatic carbocycles. The van der Waals surface area contributed by atoms with Crippen LogP contribution in [0.2, 0.25) is 0 Å². The molecule has 2 aromatic rings. The van der Waals surface area contributed by atoms with E-state index in [1.54, 1.807) is 18.2 Å². The van der Waals surface area contributed by atoms with E-state index in [4.69, 9.17) is 4.74 Å². The SMILES string of the molecule is COc1ccccc1N1C=C(C)C(C)=NN(c2ccccc2)C1=O. The molecule has 0 fully saturated rings. The summed E-state index contributed by atoms with van der Waals surface area (Å²) >= 11 is 0. The number of carbonyl (C=O) groups is 1. The fraction of sp³-hybridized carbons (Fsp3) is 0.158. The maximum Gasteiger partial charge on any atom is 0.353 e. The van der Waals surface area contributed by atoms with Crippen LogP contribution in [0.1, 0.15) is 13.8 Å². The average molecular weight is 321 g/mol. The molecule has 1 heterocycles. The van der Waals surface area contributed by atoms with Crippen molar-refractivity contribution in [1.29, 1.82) is 0 Å². The Hall–Kier alpha value is -3.08. The van der Waals surface area contributed by atoms with Gasteiger partial charge >= 0.3 is 6.03 Å². The number of ether oxygens (including phenoxy) is 1. The number of hydrogen-bond acceptors (Lipinski definition) is 3. The molecule has 3 rings (SSSR count). The second kappa shape index (κ2) is 6.58. The number of allylic oxidation sites excluding steroid dienone is 1. The van der Waals surface area contributed by atoms with Gasteiger partial charge in [0.2, 0.25) is 0 Å². The third-order valence-corrected chi connectivity index (χ3v) is 3.88. The van der Waals surface area contributed by atoms with Gasteiger partial charge in [-0.3, -0.25) is 4.90 Å². The Bertz CT molecular complexity index is 812. The van der Waals surface area contributed by atoms with Crippen molar-refractivity contribution in [2.24, 2.45) is 5.10 Å². The van der Waals surface area contributed by atoms with Crippen molar-refractivity contribution in [2.75, 3.05) is 17.0 Å². The first-order valence-corrected chi connectivity index (χ1v) is 7.67. The predicted molar refractivity (Wildman–Crippen MR) is 96.7 cm³/mol. The van der Waals surface area contributed by atoms with Crippen LogP contribution in [0, 0.1) is 0 Å². The molecular weight excluding hydrogens is 302 g/mol. The van der Waals surface area contributed by atoms with E-state index in [0.29, 0.717) is 17.1 Å². The van der Waals surface area contributed by atoms with Gasteiger partial charge in [-0.15, -0.1) is 0 Å². The van der Waals surface area contributed by atoms with Gasteiger partial charge < -0.3 is 4.74 Å². The van der Waals surface area contributed by atoms with Crippen LogP contribution in [0.3, 0.4) is 0 Å². The number of carbonyl (C=O) groups excluding carboxylic acids is 1. The van der Waals surface area contributed by atoms with E-state index >= 15 is 0 Å². The molecule has 0 unspecified atom stereocenters. The molecule has 5 nitrogen and oxygen atoms in total. The second-order valence-corrected chi connectivity index (χ2v) is 5.47. The normalized spacial score (nSPS) is 14.9. The Morgan fingerprint density at radius 2 is 1.62 bits per heavy atom.